The van der Waals surface area contributed by atoms with Crippen LogP contribution in [0.3, 0.4) is 0 Å². The van der Waals surface area contributed by atoms with E-state index in [1.54, 1.807) is 0 Å². The minimum Gasteiger partial charge on any atom is -0.480 e. The largest absolute Gasteiger partial charge is 0.480 e. The zero-order chi connectivity index (χ0) is 11.4. The highest BCUT2D eigenvalue weighted by Crippen LogP contribution is 2.21. The van der Waals surface area contributed by atoms with E-state index < -0.39 is 12.0 Å². The highest BCUT2D eigenvalue weighted by atomic mass is 79.9. The van der Waals surface area contributed by atoms with Gasteiger partial charge in [-0.2, -0.15) is 0 Å². The van der Waals surface area contributed by atoms with Crippen LogP contribution in [0.4, 0.5) is 5.69 Å². The maximum Gasteiger partial charge on any atom is 0.326 e. The first-order chi connectivity index (χ1) is 7.04. The fourth-order valence-electron chi connectivity index (χ4n) is 1.32. The molecule has 0 fully saturated rings. The first kappa shape index (κ1) is 12.0. The highest BCUT2D eigenvalue weighted by Gasteiger charge is 2.14. The topological polar surface area (TPSA) is 49.3 Å². The van der Waals surface area contributed by atoms with E-state index in [0.717, 1.165) is 15.7 Å². The molecule has 15 heavy (non-hydrogen) atoms. The van der Waals surface area contributed by atoms with Gasteiger partial charge in [-0.1, -0.05) is 22.9 Å². The summed E-state index contributed by atoms with van der Waals surface area (Å²) < 4.78 is 0.994. The molecule has 4 heteroatoms. The summed E-state index contributed by atoms with van der Waals surface area (Å²) in [4.78, 5) is 10.8. The van der Waals surface area contributed by atoms with Gasteiger partial charge in [0.05, 0.1) is 0 Å². The maximum absolute atomic E-state index is 10.8. The maximum atomic E-state index is 10.8. The molecule has 0 radical (unpaired) electrons. The van der Waals surface area contributed by atoms with Crippen molar-refractivity contribution < 1.29 is 9.90 Å². The number of carbonyl (C=O) groups is 1. The molecule has 2 N–H and O–H groups in total. The van der Waals surface area contributed by atoms with Gasteiger partial charge in [0, 0.05) is 10.2 Å². The standard InChI is InChI=1S/C11H14BrNO2/c1-3-9(11(14)15)13-10-5-4-8(12)6-7(10)2/h4-6,9,13H,3H2,1-2H3,(H,14,15). The highest BCUT2D eigenvalue weighted by molar-refractivity contribution is 9.10. The average molecular weight is 272 g/mol. The van der Waals surface area contributed by atoms with Gasteiger partial charge in [0.2, 0.25) is 0 Å². The lowest BCUT2D eigenvalue weighted by atomic mass is 10.1. The van der Waals surface area contributed by atoms with Crippen LogP contribution < -0.4 is 5.32 Å². The zero-order valence-electron chi connectivity index (χ0n) is 8.75. The molecule has 0 aliphatic rings. The van der Waals surface area contributed by atoms with Crippen molar-refractivity contribution in [2.75, 3.05) is 5.32 Å². The quantitative estimate of drug-likeness (QED) is 0.885. The number of hydrogen-bond acceptors (Lipinski definition) is 2. The molecular formula is C11H14BrNO2. The average Bonchev–Trinajstić information content (AvgIpc) is 2.16. The molecule has 0 aliphatic heterocycles. The number of aryl methyl sites for hydroxylation is 1. The number of rotatable bonds is 4. The van der Waals surface area contributed by atoms with Crippen molar-refractivity contribution >= 4 is 27.6 Å². The Hall–Kier alpha value is -1.03. The van der Waals surface area contributed by atoms with Gasteiger partial charge < -0.3 is 10.4 Å². The van der Waals surface area contributed by atoms with Gasteiger partial charge >= 0.3 is 5.97 Å². The van der Waals surface area contributed by atoms with Crippen molar-refractivity contribution in [3.8, 4) is 0 Å². The third-order valence-corrected chi connectivity index (χ3v) is 2.72. The Kier molecular flexibility index (Phi) is 4.15. The van der Waals surface area contributed by atoms with Gasteiger partial charge in [-0.15, -0.1) is 0 Å². The molecule has 1 unspecified atom stereocenters. The molecule has 0 heterocycles. The second-order valence-corrected chi connectivity index (χ2v) is 4.32. The molecule has 0 aromatic heterocycles. The van der Waals surface area contributed by atoms with E-state index >= 15 is 0 Å². The summed E-state index contributed by atoms with van der Waals surface area (Å²) in [6, 6.07) is 5.20. The smallest absolute Gasteiger partial charge is 0.326 e. The Morgan fingerprint density at radius 1 is 1.60 bits per heavy atom. The minimum absolute atomic E-state index is 0.523. The van der Waals surface area contributed by atoms with Gasteiger partial charge in [-0.25, -0.2) is 4.79 Å². The van der Waals surface area contributed by atoms with Gasteiger partial charge in [0.25, 0.3) is 0 Å². The number of aliphatic carboxylic acids is 1. The van der Waals surface area contributed by atoms with E-state index in [9.17, 15) is 4.79 Å². The van der Waals surface area contributed by atoms with Crippen LogP contribution in [0, 0.1) is 6.92 Å². The van der Waals surface area contributed by atoms with Crippen LogP contribution in [0.5, 0.6) is 0 Å². The molecule has 82 valence electrons. The Morgan fingerprint density at radius 3 is 2.73 bits per heavy atom. The van der Waals surface area contributed by atoms with Gasteiger partial charge in [-0.05, 0) is 37.1 Å². The Labute approximate surface area is 97.6 Å². The molecular weight excluding hydrogens is 258 g/mol. The SMILES string of the molecule is CCC(Nc1ccc(Br)cc1C)C(=O)O. The summed E-state index contributed by atoms with van der Waals surface area (Å²) in [5, 5.41) is 11.9. The lowest BCUT2D eigenvalue weighted by Gasteiger charge is -2.15. The normalized spacial score (nSPS) is 12.2. The van der Waals surface area contributed by atoms with Crippen LogP contribution in [0.15, 0.2) is 22.7 Å². The monoisotopic (exact) mass is 271 g/mol. The number of hydrogen-bond donors (Lipinski definition) is 2. The second kappa shape index (κ2) is 5.16. The molecule has 0 saturated heterocycles. The van der Waals surface area contributed by atoms with E-state index in [1.807, 2.05) is 32.0 Å². The molecule has 0 aliphatic carbocycles. The van der Waals surface area contributed by atoms with Crippen molar-refractivity contribution in [3.63, 3.8) is 0 Å². The zero-order valence-corrected chi connectivity index (χ0v) is 10.3. The number of benzene rings is 1. The fourth-order valence-corrected chi connectivity index (χ4v) is 1.79. The second-order valence-electron chi connectivity index (χ2n) is 3.40. The number of anilines is 1. The van der Waals surface area contributed by atoms with Crippen LogP contribution in [0.25, 0.3) is 0 Å². The summed E-state index contributed by atoms with van der Waals surface area (Å²) in [5.74, 6) is -0.820. The van der Waals surface area contributed by atoms with Crippen LogP contribution in [-0.4, -0.2) is 17.1 Å². The van der Waals surface area contributed by atoms with Crippen LogP contribution >= 0.6 is 15.9 Å². The molecule has 1 aromatic carbocycles. The summed E-state index contributed by atoms with van der Waals surface area (Å²) >= 11 is 3.36. The predicted octanol–water partition coefficient (Wildman–Crippen LogP) is 3.03. The van der Waals surface area contributed by atoms with Crippen LogP contribution in [0.2, 0.25) is 0 Å². The van der Waals surface area contributed by atoms with Crippen molar-refractivity contribution in [3.05, 3.63) is 28.2 Å². The summed E-state index contributed by atoms with van der Waals surface area (Å²) in [5.41, 5.74) is 1.90. The fraction of sp³-hybridized carbons (Fsp3) is 0.364. The number of carboxylic acid groups (broad SMARTS) is 1. The molecule has 0 bridgehead atoms. The number of halogens is 1. The Morgan fingerprint density at radius 2 is 2.27 bits per heavy atom. The van der Waals surface area contributed by atoms with Crippen molar-refractivity contribution in [1.82, 2.24) is 0 Å². The van der Waals surface area contributed by atoms with E-state index in [0.29, 0.717) is 6.42 Å². The number of carboxylic acids is 1. The van der Waals surface area contributed by atoms with Gasteiger partial charge in [0.1, 0.15) is 6.04 Å². The first-order valence-corrected chi connectivity index (χ1v) is 5.59. The Balaban J connectivity index is 2.84. The summed E-state index contributed by atoms with van der Waals surface area (Å²) in [6.45, 7) is 3.79. The van der Waals surface area contributed by atoms with Crippen molar-refractivity contribution in [1.29, 1.82) is 0 Å². The van der Waals surface area contributed by atoms with E-state index in [-0.39, 0.29) is 0 Å². The van der Waals surface area contributed by atoms with E-state index in [1.165, 1.54) is 0 Å². The summed E-state index contributed by atoms with van der Waals surface area (Å²) in [7, 11) is 0. The first-order valence-electron chi connectivity index (χ1n) is 4.80. The predicted molar refractivity (Wildman–Crippen MR) is 64.2 cm³/mol. The molecule has 0 amide bonds. The van der Waals surface area contributed by atoms with E-state index in [2.05, 4.69) is 21.2 Å². The molecule has 1 atom stereocenters. The molecule has 0 spiro atoms. The molecule has 0 saturated carbocycles. The molecule has 3 nitrogen and oxygen atoms in total. The van der Waals surface area contributed by atoms with Gasteiger partial charge in [0.15, 0.2) is 0 Å². The Bertz CT molecular complexity index is 366. The lowest BCUT2D eigenvalue weighted by molar-refractivity contribution is -0.137. The number of nitrogens with one attached hydrogen (secondary N) is 1. The van der Waals surface area contributed by atoms with Gasteiger partial charge in [-0.3, -0.25) is 0 Å². The molecule has 1 aromatic rings. The van der Waals surface area contributed by atoms with Crippen LogP contribution in [0.1, 0.15) is 18.9 Å². The summed E-state index contributed by atoms with van der Waals surface area (Å²) in [6.07, 6.45) is 0.560. The lowest BCUT2D eigenvalue weighted by Crippen LogP contribution is -2.28. The van der Waals surface area contributed by atoms with Crippen LogP contribution in [-0.2, 0) is 4.79 Å². The third kappa shape index (κ3) is 3.23. The van der Waals surface area contributed by atoms with E-state index in [4.69, 9.17) is 5.11 Å². The minimum atomic E-state index is -0.820. The third-order valence-electron chi connectivity index (χ3n) is 2.22. The molecule has 1 rings (SSSR count). The van der Waals surface area contributed by atoms with Crippen molar-refractivity contribution in [2.24, 2.45) is 0 Å². The van der Waals surface area contributed by atoms with Crippen molar-refractivity contribution in [2.45, 2.75) is 26.3 Å².